The molecule has 34 heavy (non-hydrogen) atoms. The molecular formula is C26H29FN4O3. The van der Waals surface area contributed by atoms with Gasteiger partial charge in [0.1, 0.15) is 11.6 Å². The molecule has 1 fully saturated rings. The van der Waals surface area contributed by atoms with Crippen molar-refractivity contribution in [1.82, 2.24) is 19.8 Å². The number of aromatic amines is 1. The van der Waals surface area contributed by atoms with Gasteiger partial charge in [-0.15, -0.1) is 0 Å². The molecule has 2 N–H and O–H groups in total. The van der Waals surface area contributed by atoms with E-state index in [1.165, 1.54) is 30.3 Å². The van der Waals surface area contributed by atoms with Crippen LogP contribution in [0.3, 0.4) is 0 Å². The predicted molar refractivity (Wildman–Crippen MR) is 128 cm³/mol. The van der Waals surface area contributed by atoms with Crippen LogP contribution in [0.5, 0.6) is 0 Å². The van der Waals surface area contributed by atoms with Crippen LogP contribution in [0.4, 0.5) is 4.39 Å². The average molecular weight is 465 g/mol. The van der Waals surface area contributed by atoms with Crippen LogP contribution in [-0.4, -0.2) is 52.8 Å². The van der Waals surface area contributed by atoms with Crippen molar-refractivity contribution in [2.24, 2.45) is 5.92 Å². The number of carbonyl (C=O) groups is 2. The second kappa shape index (κ2) is 9.18. The number of piperidine rings is 1. The Morgan fingerprint density at radius 2 is 1.85 bits per heavy atom. The Balaban J connectivity index is 1.24. The quantitative estimate of drug-likeness (QED) is 0.608. The lowest BCUT2D eigenvalue weighted by atomic mass is 9.81. The molecule has 0 radical (unpaired) electrons. The van der Waals surface area contributed by atoms with Crippen LogP contribution in [0.15, 0.2) is 41.2 Å². The zero-order valence-corrected chi connectivity index (χ0v) is 19.3. The Kier molecular flexibility index (Phi) is 6.08. The molecular weight excluding hydrogens is 435 g/mol. The van der Waals surface area contributed by atoms with Crippen LogP contribution in [0, 0.1) is 11.7 Å². The number of likely N-dealkylation sites (tertiary alicyclic amines) is 1. The summed E-state index contributed by atoms with van der Waals surface area (Å²) in [6.07, 6.45) is 4.08. The van der Waals surface area contributed by atoms with E-state index in [4.69, 9.17) is 0 Å². The smallest absolute Gasteiger partial charge is 0.326 e. The molecule has 1 unspecified atom stereocenters. The summed E-state index contributed by atoms with van der Waals surface area (Å²) in [6, 6.07) is 10.9. The molecule has 5 rings (SSSR count). The van der Waals surface area contributed by atoms with Crippen LogP contribution in [0.1, 0.15) is 46.8 Å². The highest BCUT2D eigenvalue weighted by Crippen LogP contribution is 2.29. The number of amides is 1. The van der Waals surface area contributed by atoms with Crippen LogP contribution < -0.4 is 11.0 Å². The molecule has 2 aliphatic rings. The number of aromatic nitrogens is 2. The van der Waals surface area contributed by atoms with Crippen molar-refractivity contribution in [1.29, 1.82) is 0 Å². The summed E-state index contributed by atoms with van der Waals surface area (Å²) in [6.45, 7) is 1.85. The van der Waals surface area contributed by atoms with Gasteiger partial charge < -0.3 is 10.3 Å². The first-order chi connectivity index (χ1) is 16.4. The minimum Gasteiger partial charge on any atom is -0.355 e. The van der Waals surface area contributed by atoms with Gasteiger partial charge in [0.25, 0.3) is 5.91 Å². The molecule has 178 valence electrons. The molecule has 2 heterocycles. The predicted octanol–water partition coefficient (Wildman–Crippen LogP) is 2.84. The number of nitrogens with one attached hydrogen (secondary N) is 2. The lowest BCUT2D eigenvalue weighted by Gasteiger charge is -2.33. The van der Waals surface area contributed by atoms with E-state index in [0.29, 0.717) is 49.3 Å². The number of benzene rings is 2. The van der Waals surface area contributed by atoms with Crippen LogP contribution in [0.25, 0.3) is 11.0 Å². The average Bonchev–Trinajstić information content (AvgIpc) is 3.17. The summed E-state index contributed by atoms with van der Waals surface area (Å²) in [5.74, 6) is -0.827. The molecule has 8 heteroatoms. The zero-order valence-electron chi connectivity index (χ0n) is 19.3. The van der Waals surface area contributed by atoms with Gasteiger partial charge in [0.2, 0.25) is 0 Å². The molecule has 1 saturated heterocycles. The summed E-state index contributed by atoms with van der Waals surface area (Å²) in [7, 11) is 1.44. The van der Waals surface area contributed by atoms with Crippen LogP contribution >= 0.6 is 0 Å². The molecule has 0 spiro atoms. The monoisotopic (exact) mass is 464 g/mol. The number of hydrogen-bond donors (Lipinski definition) is 2. The fourth-order valence-electron chi connectivity index (χ4n) is 5.48. The number of hydrogen-bond acceptors (Lipinski definition) is 4. The SMILES string of the molecule is CNC(=O)c1cc2[nH]c(=O)n(C3CCN(CC(=O)C4CCc5ccccc5C4)CC3)c2cc1F. The van der Waals surface area contributed by atoms with Gasteiger partial charge in [-0.25, -0.2) is 9.18 Å². The normalized spacial score (nSPS) is 19.2. The number of rotatable bonds is 5. The van der Waals surface area contributed by atoms with E-state index in [1.54, 1.807) is 4.57 Å². The van der Waals surface area contributed by atoms with E-state index in [0.717, 1.165) is 19.3 Å². The highest BCUT2D eigenvalue weighted by molar-refractivity contribution is 5.97. The summed E-state index contributed by atoms with van der Waals surface area (Å²) in [4.78, 5) is 42.5. The Bertz CT molecular complexity index is 1300. The molecule has 0 saturated carbocycles. The minimum absolute atomic E-state index is 0.0707. The standard InChI is InChI=1S/C26H29FN4O3/c1-28-25(33)20-13-22-23(14-21(20)27)31(26(34)29-22)19-8-10-30(11-9-19)15-24(32)18-7-6-16-4-2-3-5-17(16)12-18/h2-5,13-14,18-19H,6-12,15H2,1H3,(H,28,33)(H,29,34). The van der Waals surface area contributed by atoms with E-state index in [9.17, 15) is 18.8 Å². The minimum atomic E-state index is -0.656. The van der Waals surface area contributed by atoms with Crippen molar-refractivity contribution in [3.8, 4) is 0 Å². The molecule has 7 nitrogen and oxygen atoms in total. The molecule has 3 aromatic rings. The fourth-order valence-corrected chi connectivity index (χ4v) is 5.48. The second-order valence-electron chi connectivity index (χ2n) is 9.41. The van der Waals surface area contributed by atoms with Crippen molar-refractivity contribution in [3.05, 3.63) is 69.4 Å². The summed E-state index contributed by atoms with van der Waals surface area (Å²) >= 11 is 0. The van der Waals surface area contributed by atoms with Crippen molar-refractivity contribution in [2.45, 2.75) is 38.1 Å². The molecule has 1 amide bonds. The van der Waals surface area contributed by atoms with E-state index in [-0.39, 0.29) is 23.2 Å². The number of H-pyrrole nitrogens is 1. The highest BCUT2D eigenvalue weighted by atomic mass is 19.1. The third-order valence-electron chi connectivity index (χ3n) is 7.38. The van der Waals surface area contributed by atoms with E-state index >= 15 is 0 Å². The zero-order chi connectivity index (χ0) is 23.8. The van der Waals surface area contributed by atoms with Gasteiger partial charge in [-0.2, -0.15) is 0 Å². The van der Waals surface area contributed by atoms with Gasteiger partial charge in [0, 0.05) is 38.2 Å². The first-order valence-electron chi connectivity index (χ1n) is 11.9. The van der Waals surface area contributed by atoms with E-state index in [1.807, 2.05) is 6.07 Å². The van der Waals surface area contributed by atoms with E-state index in [2.05, 4.69) is 33.4 Å². The fraction of sp³-hybridized carbons (Fsp3) is 0.423. The lowest BCUT2D eigenvalue weighted by Crippen LogP contribution is -2.41. The van der Waals surface area contributed by atoms with Gasteiger partial charge in [0.15, 0.2) is 0 Å². The summed E-state index contributed by atoms with van der Waals surface area (Å²) in [5.41, 5.74) is 3.15. The second-order valence-corrected chi connectivity index (χ2v) is 9.41. The van der Waals surface area contributed by atoms with Crippen molar-refractivity contribution < 1.29 is 14.0 Å². The Labute approximate surface area is 197 Å². The molecule has 1 atom stereocenters. The van der Waals surface area contributed by atoms with Gasteiger partial charge in [0.05, 0.1) is 23.1 Å². The van der Waals surface area contributed by atoms with Crippen molar-refractivity contribution in [2.75, 3.05) is 26.7 Å². The van der Waals surface area contributed by atoms with Crippen LogP contribution in [0.2, 0.25) is 0 Å². The van der Waals surface area contributed by atoms with E-state index < -0.39 is 11.7 Å². The number of imidazole rings is 1. The number of nitrogens with zero attached hydrogens (tertiary/aromatic N) is 2. The van der Waals surface area contributed by atoms with Crippen molar-refractivity contribution in [3.63, 3.8) is 0 Å². The third kappa shape index (κ3) is 4.18. The maximum Gasteiger partial charge on any atom is 0.326 e. The Morgan fingerprint density at radius 3 is 2.59 bits per heavy atom. The highest BCUT2D eigenvalue weighted by Gasteiger charge is 2.29. The number of Topliss-reactive ketones (excluding diaryl/α,β-unsaturated/α-hetero) is 1. The summed E-state index contributed by atoms with van der Waals surface area (Å²) in [5, 5.41) is 2.41. The van der Waals surface area contributed by atoms with Crippen LogP contribution in [-0.2, 0) is 17.6 Å². The maximum absolute atomic E-state index is 14.6. The lowest BCUT2D eigenvalue weighted by molar-refractivity contribution is -0.124. The van der Waals surface area contributed by atoms with Gasteiger partial charge in [-0.1, -0.05) is 24.3 Å². The number of fused-ring (bicyclic) bond motifs is 2. The van der Waals surface area contributed by atoms with Gasteiger partial charge >= 0.3 is 5.69 Å². The molecule has 1 aliphatic heterocycles. The molecule has 1 aliphatic carbocycles. The summed E-state index contributed by atoms with van der Waals surface area (Å²) < 4.78 is 16.2. The number of carbonyl (C=O) groups excluding carboxylic acids is 2. The Morgan fingerprint density at radius 1 is 1.12 bits per heavy atom. The number of ketones is 1. The number of aryl methyl sites for hydroxylation is 1. The molecule has 0 bridgehead atoms. The Hall–Kier alpha value is -3.26. The topological polar surface area (TPSA) is 87.2 Å². The van der Waals surface area contributed by atoms with Crippen molar-refractivity contribution >= 4 is 22.7 Å². The maximum atomic E-state index is 14.6. The number of halogens is 1. The van der Waals surface area contributed by atoms with Gasteiger partial charge in [-0.3, -0.25) is 19.1 Å². The molecule has 2 aromatic carbocycles. The third-order valence-corrected chi connectivity index (χ3v) is 7.38. The van der Waals surface area contributed by atoms with Gasteiger partial charge in [-0.05, 0) is 49.3 Å². The molecule has 1 aromatic heterocycles. The first kappa shape index (κ1) is 22.5. The largest absolute Gasteiger partial charge is 0.355 e. The first-order valence-corrected chi connectivity index (χ1v) is 11.9.